The number of benzene rings is 1. The Morgan fingerprint density at radius 2 is 1.95 bits per heavy atom. The van der Waals surface area contributed by atoms with Gasteiger partial charge in [-0.05, 0) is 49.7 Å². The van der Waals surface area contributed by atoms with Crippen LogP contribution < -0.4 is 5.32 Å². The lowest BCUT2D eigenvalue weighted by atomic mass is 10.1. The van der Waals surface area contributed by atoms with E-state index in [4.69, 9.17) is 0 Å². The zero-order valence-electron chi connectivity index (χ0n) is 11.6. The first-order chi connectivity index (χ1) is 10.0. The third-order valence-electron chi connectivity index (χ3n) is 3.22. The number of aryl methyl sites for hydroxylation is 2. The summed E-state index contributed by atoms with van der Waals surface area (Å²) < 4.78 is 12.9. The zero-order valence-corrected chi connectivity index (χ0v) is 12.4. The highest BCUT2D eigenvalue weighted by molar-refractivity contribution is 7.17. The molecule has 3 nitrogen and oxygen atoms in total. The second-order valence-electron chi connectivity index (χ2n) is 4.87. The predicted molar refractivity (Wildman–Crippen MR) is 83.4 cm³/mol. The number of nitrogens with one attached hydrogen (secondary N) is 1. The van der Waals surface area contributed by atoms with Gasteiger partial charge >= 0.3 is 0 Å². The number of pyridine rings is 1. The number of rotatable bonds is 2. The second-order valence-corrected chi connectivity index (χ2v) is 5.73. The van der Waals surface area contributed by atoms with Crippen LogP contribution >= 0.6 is 11.3 Å². The lowest BCUT2D eigenvalue weighted by Gasteiger charge is -2.06. The molecule has 1 N–H and O–H groups in total. The van der Waals surface area contributed by atoms with Gasteiger partial charge in [0.05, 0.1) is 5.69 Å². The number of carbonyl (C=O) groups is 1. The van der Waals surface area contributed by atoms with E-state index in [1.165, 1.54) is 35.6 Å². The molecule has 2 heterocycles. The maximum atomic E-state index is 12.9. The maximum absolute atomic E-state index is 12.9. The van der Waals surface area contributed by atoms with Crippen molar-refractivity contribution in [3.63, 3.8) is 0 Å². The highest BCUT2D eigenvalue weighted by atomic mass is 32.1. The second kappa shape index (κ2) is 5.26. The first-order valence-corrected chi connectivity index (χ1v) is 7.35. The largest absolute Gasteiger partial charge is 0.321 e. The van der Waals surface area contributed by atoms with Gasteiger partial charge in [-0.25, -0.2) is 9.37 Å². The van der Waals surface area contributed by atoms with E-state index in [0.29, 0.717) is 5.56 Å². The highest BCUT2D eigenvalue weighted by Crippen LogP contribution is 2.32. The number of halogens is 1. The van der Waals surface area contributed by atoms with Crippen molar-refractivity contribution in [3.05, 3.63) is 58.3 Å². The molecule has 0 aliphatic carbocycles. The van der Waals surface area contributed by atoms with Crippen molar-refractivity contribution in [2.75, 3.05) is 5.32 Å². The molecule has 0 unspecified atom stereocenters. The molecule has 0 spiro atoms. The number of nitrogens with zero attached hydrogens (tertiary/aromatic N) is 1. The molecule has 0 aliphatic rings. The molecule has 2 aromatic heterocycles. The van der Waals surface area contributed by atoms with Gasteiger partial charge in [0.2, 0.25) is 0 Å². The van der Waals surface area contributed by atoms with Crippen molar-refractivity contribution in [3.8, 4) is 0 Å². The van der Waals surface area contributed by atoms with Gasteiger partial charge in [-0.3, -0.25) is 4.79 Å². The molecule has 0 bridgehead atoms. The molecule has 21 heavy (non-hydrogen) atoms. The van der Waals surface area contributed by atoms with Crippen LogP contribution in [0.15, 0.2) is 35.7 Å². The number of fused-ring (bicyclic) bond motifs is 1. The molecule has 0 aliphatic heterocycles. The average Bonchev–Trinajstić information content (AvgIpc) is 2.82. The Bertz CT molecular complexity index is 824. The van der Waals surface area contributed by atoms with Crippen LogP contribution in [0.4, 0.5) is 10.1 Å². The molecule has 0 saturated carbocycles. The molecule has 106 valence electrons. The molecule has 1 amide bonds. The minimum Gasteiger partial charge on any atom is -0.321 e. The van der Waals surface area contributed by atoms with Crippen molar-refractivity contribution < 1.29 is 9.18 Å². The summed E-state index contributed by atoms with van der Waals surface area (Å²) in [5.41, 5.74) is 3.20. The monoisotopic (exact) mass is 300 g/mol. The molecule has 1 aromatic carbocycles. The van der Waals surface area contributed by atoms with Crippen molar-refractivity contribution in [2.24, 2.45) is 0 Å². The van der Waals surface area contributed by atoms with E-state index in [1.807, 2.05) is 25.3 Å². The normalized spacial score (nSPS) is 10.8. The molecular weight excluding hydrogens is 287 g/mol. The van der Waals surface area contributed by atoms with Crippen molar-refractivity contribution in [2.45, 2.75) is 13.8 Å². The molecule has 0 saturated heterocycles. The summed E-state index contributed by atoms with van der Waals surface area (Å²) >= 11 is 1.50. The Labute approximate surface area is 125 Å². The number of thiophene rings is 1. The van der Waals surface area contributed by atoms with E-state index in [-0.39, 0.29) is 11.7 Å². The molecule has 0 radical (unpaired) electrons. The van der Waals surface area contributed by atoms with Crippen LogP contribution in [0.2, 0.25) is 0 Å². The molecule has 0 atom stereocenters. The fraction of sp³-hybridized carbons (Fsp3) is 0.125. The Morgan fingerprint density at radius 3 is 2.67 bits per heavy atom. The van der Waals surface area contributed by atoms with E-state index in [1.54, 1.807) is 0 Å². The van der Waals surface area contributed by atoms with Gasteiger partial charge in [0.1, 0.15) is 10.6 Å². The number of amides is 1. The van der Waals surface area contributed by atoms with Gasteiger partial charge in [-0.2, -0.15) is 0 Å². The van der Waals surface area contributed by atoms with E-state index < -0.39 is 0 Å². The van der Waals surface area contributed by atoms with Crippen LogP contribution in [-0.2, 0) is 0 Å². The van der Waals surface area contributed by atoms with E-state index >= 15 is 0 Å². The zero-order chi connectivity index (χ0) is 15.0. The summed E-state index contributed by atoms with van der Waals surface area (Å²) in [5, 5.41) is 5.71. The molecule has 0 fully saturated rings. The van der Waals surface area contributed by atoms with Gasteiger partial charge in [0.15, 0.2) is 0 Å². The van der Waals surface area contributed by atoms with E-state index in [2.05, 4.69) is 10.3 Å². The minimum atomic E-state index is -0.358. The number of carbonyl (C=O) groups excluding carboxylic acids is 1. The van der Waals surface area contributed by atoms with E-state index in [9.17, 15) is 9.18 Å². The van der Waals surface area contributed by atoms with Crippen molar-refractivity contribution >= 4 is 33.1 Å². The first kappa shape index (κ1) is 13.7. The van der Waals surface area contributed by atoms with Crippen LogP contribution in [0, 0.1) is 19.7 Å². The standard InChI is InChI=1S/C16H13FN2OS/c1-9-7-10(2)18-16-14(9)13(8-21-16)19-15(20)11-3-5-12(17)6-4-11/h3-8H,1-2H3,(H,19,20). The van der Waals surface area contributed by atoms with Crippen LogP contribution in [-0.4, -0.2) is 10.9 Å². The van der Waals surface area contributed by atoms with Crippen molar-refractivity contribution in [1.82, 2.24) is 4.98 Å². The van der Waals surface area contributed by atoms with Gasteiger partial charge in [0, 0.05) is 22.0 Å². The Hall–Kier alpha value is -2.27. The Kier molecular flexibility index (Phi) is 3.43. The van der Waals surface area contributed by atoms with Gasteiger partial charge in [0.25, 0.3) is 5.91 Å². The van der Waals surface area contributed by atoms with Crippen LogP contribution in [0.5, 0.6) is 0 Å². The number of hydrogen-bond donors (Lipinski definition) is 1. The SMILES string of the molecule is Cc1cc(C)c2c(NC(=O)c3ccc(F)cc3)csc2n1. The van der Waals surface area contributed by atoms with Gasteiger partial charge < -0.3 is 5.32 Å². The molecule has 5 heteroatoms. The topological polar surface area (TPSA) is 42.0 Å². The third-order valence-corrected chi connectivity index (χ3v) is 4.10. The average molecular weight is 300 g/mol. The smallest absolute Gasteiger partial charge is 0.255 e. The van der Waals surface area contributed by atoms with Crippen LogP contribution in [0.3, 0.4) is 0 Å². The molecular formula is C16H13FN2OS. The Balaban J connectivity index is 1.95. The summed E-state index contributed by atoms with van der Waals surface area (Å²) in [6.07, 6.45) is 0. The summed E-state index contributed by atoms with van der Waals surface area (Å²) in [7, 11) is 0. The lowest BCUT2D eigenvalue weighted by molar-refractivity contribution is 0.102. The molecule has 3 rings (SSSR count). The van der Waals surface area contributed by atoms with Gasteiger partial charge in [-0.15, -0.1) is 11.3 Å². The van der Waals surface area contributed by atoms with Crippen molar-refractivity contribution in [1.29, 1.82) is 0 Å². The van der Waals surface area contributed by atoms with E-state index in [0.717, 1.165) is 27.2 Å². The first-order valence-electron chi connectivity index (χ1n) is 6.47. The number of hydrogen-bond acceptors (Lipinski definition) is 3. The number of anilines is 1. The van der Waals surface area contributed by atoms with Crippen LogP contribution in [0.1, 0.15) is 21.6 Å². The fourth-order valence-electron chi connectivity index (χ4n) is 2.28. The number of aromatic nitrogens is 1. The Morgan fingerprint density at radius 1 is 1.24 bits per heavy atom. The lowest BCUT2D eigenvalue weighted by Crippen LogP contribution is -2.11. The summed E-state index contributed by atoms with van der Waals surface area (Å²) in [6, 6.07) is 7.47. The maximum Gasteiger partial charge on any atom is 0.255 e. The predicted octanol–water partition coefficient (Wildman–Crippen LogP) is 4.30. The summed E-state index contributed by atoms with van der Waals surface area (Å²) in [6.45, 7) is 3.94. The van der Waals surface area contributed by atoms with Crippen LogP contribution in [0.25, 0.3) is 10.2 Å². The molecule has 3 aromatic rings. The highest BCUT2D eigenvalue weighted by Gasteiger charge is 2.12. The fourth-order valence-corrected chi connectivity index (χ4v) is 3.27. The summed E-state index contributed by atoms with van der Waals surface area (Å²) in [5.74, 6) is -0.613. The minimum absolute atomic E-state index is 0.255. The third kappa shape index (κ3) is 2.64. The van der Waals surface area contributed by atoms with Gasteiger partial charge in [-0.1, -0.05) is 0 Å². The summed E-state index contributed by atoms with van der Waals surface area (Å²) in [4.78, 5) is 17.6. The quantitative estimate of drug-likeness (QED) is 0.766.